The summed E-state index contributed by atoms with van der Waals surface area (Å²) in [5.74, 6) is -0.881. The zero-order chi connectivity index (χ0) is 22.0. The second kappa shape index (κ2) is 8.79. The summed E-state index contributed by atoms with van der Waals surface area (Å²) in [5.41, 5.74) is 1.10. The highest BCUT2D eigenvalue weighted by Crippen LogP contribution is 2.29. The molecule has 0 saturated heterocycles. The normalized spacial score (nSPS) is 21.5. The van der Waals surface area contributed by atoms with E-state index >= 15 is 0 Å². The summed E-state index contributed by atoms with van der Waals surface area (Å²) < 4.78 is 10.7. The van der Waals surface area contributed by atoms with Gasteiger partial charge in [0.25, 0.3) is 5.91 Å². The number of anilines is 1. The van der Waals surface area contributed by atoms with Crippen LogP contribution < -0.4 is 15.5 Å². The largest absolute Gasteiger partial charge is 0.469 e. The topological polar surface area (TPSA) is 147 Å². The monoisotopic (exact) mass is 422 g/mol. The molecule has 0 aliphatic carbocycles. The van der Waals surface area contributed by atoms with Gasteiger partial charge in [-0.25, -0.2) is 4.98 Å². The molecular weight excluding hydrogens is 396 g/mol. The number of methoxy groups -OCH3 is 2. The van der Waals surface area contributed by atoms with Gasteiger partial charge in [0, 0.05) is 19.5 Å². The Bertz CT molecular complexity index is 868. The molecular formula is C18H26N6O6. The Labute approximate surface area is 173 Å². The lowest BCUT2D eigenvalue weighted by molar-refractivity contribution is -0.143. The number of aliphatic hydroxyl groups is 1. The smallest absolute Gasteiger partial charge is 0.319 e. The van der Waals surface area contributed by atoms with Crippen LogP contribution in [0.2, 0.25) is 0 Å². The first-order valence-electron chi connectivity index (χ1n) is 9.46. The molecule has 0 aromatic carbocycles. The van der Waals surface area contributed by atoms with Crippen molar-refractivity contribution >= 4 is 30.1 Å². The van der Waals surface area contributed by atoms with E-state index in [4.69, 9.17) is 0 Å². The molecule has 3 heterocycles. The van der Waals surface area contributed by atoms with Gasteiger partial charge >= 0.3 is 11.9 Å². The fourth-order valence-electron chi connectivity index (χ4n) is 3.64. The fraction of sp³-hybridized carbons (Fsp3) is 0.611. The van der Waals surface area contributed by atoms with E-state index in [0.717, 1.165) is 0 Å². The Morgan fingerprint density at radius 1 is 1.33 bits per heavy atom. The number of rotatable bonds is 8. The first-order valence-corrected chi connectivity index (χ1v) is 9.46. The maximum atomic E-state index is 13.0. The number of nitrogens with zero attached hydrogens (tertiary/aromatic N) is 4. The SMILES string of the molecule is COC(=O)CNC(CC(=O)OC)C(O)Cc1c(C)nc2n1C(=O)C1N=CNC1N2C. The Balaban J connectivity index is 1.84. The molecule has 164 valence electrons. The van der Waals surface area contributed by atoms with Crippen molar-refractivity contribution in [3.63, 3.8) is 0 Å². The van der Waals surface area contributed by atoms with Crippen LogP contribution in [0.15, 0.2) is 4.99 Å². The van der Waals surface area contributed by atoms with Crippen molar-refractivity contribution in [1.82, 2.24) is 20.2 Å². The maximum Gasteiger partial charge on any atom is 0.319 e. The number of ether oxygens (including phenoxy) is 2. The minimum Gasteiger partial charge on any atom is -0.469 e. The average Bonchev–Trinajstić information content (AvgIpc) is 3.34. The number of carbonyl (C=O) groups is 3. The molecule has 0 radical (unpaired) electrons. The number of hydrogen-bond acceptors (Lipinski definition) is 11. The Hall–Kier alpha value is -2.99. The summed E-state index contributed by atoms with van der Waals surface area (Å²) in [6.45, 7) is 1.56. The maximum absolute atomic E-state index is 13.0. The summed E-state index contributed by atoms with van der Waals surface area (Å²) in [7, 11) is 4.29. The molecule has 0 amide bonds. The number of aliphatic imine (C=N–C) groups is 1. The first kappa shape index (κ1) is 21.7. The molecule has 0 spiro atoms. The average molecular weight is 422 g/mol. The van der Waals surface area contributed by atoms with Gasteiger partial charge in [0.15, 0.2) is 6.04 Å². The molecule has 12 heteroatoms. The third-order valence-electron chi connectivity index (χ3n) is 5.36. The number of fused-ring (bicyclic) bond motifs is 2. The summed E-state index contributed by atoms with van der Waals surface area (Å²) in [5, 5.41) is 16.7. The number of aliphatic hydroxyl groups excluding tert-OH is 1. The summed E-state index contributed by atoms with van der Waals surface area (Å²) in [4.78, 5) is 46.8. The molecule has 2 aliphatic rings. The Kier molecular flexibility index (Phi) is 6.37. The third kappa shape index (κ3) is 4.00. The van der Waals surface area contributed by atoms with Crippen LogP contribution in [-0.2, 0) is 25.5 Å². The number of esters is 2. The fourth-order valence-corrected chi connectivity index (χ4v) is 3.64. The van der Waals surface area contributed by atoms with Crippen LogP contribution in [0, 0.1) is 6.92 Å². The van der Waals surface area contributed by atoms with Crippen molar-refractivity contribution < 1.29 is 29.0 Å². The minimum atomic E-state index is -1.10. The standard InChI is InChI=1S/C18H26N6O6/c1-9-11(6-12(25)10(5-13(26)29-3)19-7-14(27)30-4)24-17(28)15-16(21-8-20-15)23(2)18(24)22-9/h8,10,12,15-16,19,25H,5-7H2,1-4H3,(H,20,21). The van der Waals surface area contributed by atoms with Gasteiger partial charge in [-0.1, -0.05) is 0 Å². The number of nitrogens with one attached hydrogen (secondary N) is 2. The molecule has 2 aliphatic heterocycles. The van der Waals surface area contributed by atoms with Gasteiger partial charge in [-0.2, -0.15) is 0 Å². The van der Waals surface area contributed by atoms with Crippen LogP contribution in [0.1, 0.15) is 22.6 Å². The third-order valence-corrected chi connectivity index (χ3v) is 5.36. The highest BCUT2D eigenvalue weighted by molar-refractivity contribution is 5.93. The highest BCUT2D eigenvalue weighted by Gasteiger charge is 2.43. The molecule has 1 aromatic heterocycles. The number of carbonyl (C=O) groups excluding carboxylic acids is 3. The second-order valence-corrected chi connectivity index (χ2v) is 7.18. The zero-order valence-electron chi connectivity index (χ0n) is 17.3. The van der Waals surface area contributed by atoms with Crippen molar-refractivity contribution in [3.8, 4) is 0 Å². The lowest BCUT2D eigenvalue weighted by atomic mass is 10.0. The highest BCUT2D eigenvalue weighted by atomic mass is 16.5. The molecule has 0 bridgehead atoms. The van der Waals surface area contributed by atoms with Crippen molar-refractivity contribution in [2.75, 3.05) is 32.7 Å². The quantitative estimate of drug-likeness (QED) is 0.410. The van der Waals surface area contributed by atoms with E-state index < -0.39 is 30.1 Å². The molecule has 0 fully saturated rings. The van der Waals surface area contributed by atoms with Crippen LogP contribution in [0.4, 0.5) is 5.95 Å². The van der Waals surface area contributed by atoms with Crippen molar-refractivity contribution in [2.24, 2.45) is 4.99 Å². The first-order chi connectivity index (χ1) is 14.3. The molecule has 3 N–H and O–H groups in total. The Morgan fingerprint density at radius 2 is 2.03 bits per heavy atom. The minimum absolute atomic E-state index is 0.0305. The number of aromatic nitrogens is 2. The van der Waals surface area contributed by atoms with Gasteiger partial charge in [0.1, 0.15) is 6.17 Å². The number of likely N-dealkylation sites (N-methyl/N-ethyl adjacent to an activating group) is 1. The number of hydrogen-bond donors (Lipinski definition) is 3. The van der Waals surface area contributed by atoms with Gasteiger partial charge in [0.05, 0.1) is 51.0 Å². The predicted molar refractivity (Wildman–Crippen MR) is 105 cm³/mol. The van der Waals surface area contributed by atoms with E-state index in [1.165, 1.54) is 25.1 Å². The van der Waals surface area contributed by atoms with E-state index in [1.807, 2.05) is 11.9 Å². The van der Waals surface area contributed by atoms with Crippen LogP contribution in [0.3, 0.4) is 0 Å². The van der Waals surface area contributed by atoms with Crippen LogP contribution >= 0.6 is 0 Å². The van der Waals surface area contributed by atoms with E-state index in [-0.39, 0.29) is 31.5 Å². The van der Waals surface area contributed by atoms with E-state index in [0.29, 0.717) is 17.3 Å². The molecule has 4 atom stereocenters. The molecule has 4 unspecified atom stereocenters. The van der Waals surface area contributed by atoms with Crippen LogP contribution in [0.5, 0.6) is 0 Å². The van der Waals surface area contributed by atoms with Crippen molar-refractivity contribution in [1.29, 1.82) is 0 Å². The molecule has 12 nitrogen and oxygen atoms in total. The van der Waals surface area contributed by atoms with Gasteiger partial charge < -0.3 is 30.1 Å². The van der Waals surface area contributed by atoms with Crippen LogP contribution in [-0.4, -0.2) is 91.0 Å². The van der Waals surface area contributed by atoms with Crippen molar-refractivity contribution in [2.45, 2.75) is 44.1 Å². The van der Waals surface area contributed by atoms with Gasteiger partial charge in [0.2, 0.25) is 5.95 Å². The molecule has 3 rings (SSSR count). The van der Waals surface area contributed by atoms with Crippen LogP contribution in [0.25, 0.3) is 0 Å². The van der Waals surface area contributed by atoms with E-state index in [1.54, 1.807) is 6.92 Å². The summed E-state index contributed by atoms with van der Waals surface area (Å²) >= 11 is 0. The second-order valence-electron chi connectivity index (χ2n) is 7.18. The van der Waals surface area contributed by atoms with Gasteiger partial charge in [-0.3, -0.25) is 23.9 Å². The van der Waals surface area contributed by atoms with E-state index in [9.17, 15) is 19.5 Å². The van der Waals surface area contributed by atoms with E-state index in [2.05, 4.69) is 30.1 Å². The lowest BCUT2D eigenvalue weighted by Gasteiger charge is -2.34. The zero-order valence-corrected chi connectivity index (χ0v) is 17.3. The predicted octanol–water partition coefficient (Wildman–Crippen LogP) is -1.79. The Morgan fingerprint density at radius 3 is 2.70 bits per heavy atom. The van der Waals surface area contributed by atoms with Crippen molar-refractivity contribution in [3.05, 3.63) is 11.4 Å². The van der Waals surface area contributed by atoms with Gasteiger partial charge in [-0.15, -0.1) is 0 Å². The summed E-state index contributed by atoms with van der Waals surface area (Å²) in [6.07, 6.45) is -0.0436. The number of imidazole rings is 1. The summed E-state index contributed by atoms with van der Waals surface area (Å²) in [6, 6.07) is -1.41. The molecule has 0 saturated carbocycles. The molecule has 1 aromatic rings. The lowest BCUT2D eigenvalue weighted by Crippen LogP contribution is -2.55. The number of aryl methyl sites for hydroxylation is 1. The molecule has 30 heavy (non-hydrogen) atoms. The van der Waals surface area contributed by atoms with Gasteiger partial charge in [-0.05, 0) is 6.92 Å².